The number of nitrogens with zero attached hydrogens (tertiary/aromatic N) is 2. The minimum atomic E-state index is -3.71. The fraction of sp³-hybridized carbons (Fsp3) is 0.500. The van der Waals surface area contributed by atoms with Crippen LogP contribution in [0.25, 0.3) is 0 Å². The van der Waals surface area contributed by atoms with Crippen LogP contribution in [0.1, 0.15) is 6.42 Å². The van der Waals surface area contributed by atoms with Crippen molar-refractivity contribution >= 4 is 50.9 Å². The van der Waals surface area contributed by atoms with Crippen molar-refractivity contribution in [2.24, 2.45) is 0 Å². The molecule has 1 amide bonds. The second-order valence-corrected chi connectivity index (χ2v) is 8.76. The molecule has 128 valence electrons. The quantitative estimate of drug-likeness (QED) is 0.767. The third kappa shape index (κ3) is 4.33. The van der Waals surface area contributed by atoms with E-state index >= 15 is 0 Å². The van der Waals surface area contributed by atoms with Crippen molar-refractivity contribution in [1.29, 1.82) is 0 Å². The molecule has 9 heteroatoms. The van der Waals surface area contributed by atoms with Gasteiger partial charge >= 0.3 is 0 Å². The number of carbonyl (C=O) groups excluding carboxylic acids is 1. The van der Waals surface area contributed by atoms with E-state index in [0.717, 1.165) is 5.75 Å². The number of halogens is 2. The molecule has 1 aromatic carbocycles. The number of hydrogen-bond donors (Lipinski definition) is 0. The van der Waals surface area contributed by atoms with E-state index < -0.39 is 10.0 Å². The lowest BCUT2D eigenvalue weighted by molar-refractivity contribution is -0.131. The van der Waals surface area contributed by atoms with Gasteiger partial charge in [-0.25, -0.2) is 8.42 Å². The van der Waals surface area contributed by atoms with Gasteiger partial charge in [0.1, 0.15) is 4.90 Å². The van der Waals surface area contributed by atoms with Crippen LogP contribution in [-0.2, 0) is 14.8 Å². The van der Waals surface area contributed by atoms with Crippen LogP contribution in [0.5, 0.6) is 0 Å². The molecule has 5 nitrogen and oxygen atoms in total. The zero-order valence-electron chi connectivity index (χ0n) is 12.7. The molecular weight excluding hydrogens is 379 g/mol. The summed E-state index contributed by atoms with van der Waals surface area (Å²) in [6, 6.07) is 4.55. The molecule has 0 N–H and O–H groups in total. The zero-order valence-corrected chi connectivity index (χ0v) is 15.8. The van der Waals surface area contributed by atoms with Gasteiger partial charge in [0.2, 0.25) is 15.9 Å². The highest BCUT2D eigenvalue weighted by atomic mass is 35.5. The average Bonchev–Trinajstić information content (AvgIpc) is 2.55. The molecule has 0 unspecified atom stereocenters. The summed E-state index contributed by atoms with van der Waals surface area (Å²) in [6.07, 6.45) is 2.43. The van der Waals surface area contributed by atoms with Gasteiger partial charge in [-0.15, -0.1) is 0 Å². The number of piperazine rings is 1. The summed E-state index contributed by atoms with van der Waals surface area (Å²) in [5.41, 5.74) is 0. The molecule has 0 spiro atoms. The van der Waals surface area contributed by atoms with Crippen molar-refractivity contribution < 1.29 is 13.2 Å². The monoisotopic (exact) mass is 396 g/mol. The average molecular weight is 397 g/mol. The Morgan fingerprint density at radius 3 is 2.48 bits per heavy atom. The summed E-state index contributed by atoms with van der Waals surface area (Å²) in [7, 11) is -3.71. The number of sulfonamides is 1. The van der Waals surface area contributed by atoms with Crippen molar-refractivity contribution in [3.8, 4) is 0 Å². The van der Waals surface area contributed by atoms with Gasteiger partial charge in [0.25, 0.3) is 0 Å². The minimum absolute atomic E-state index is 0.00817. The van der Waals surface area contributed by atoms with Crippen LogP contribution in [0.15, 0.2) is 23.1 Å². The second-order valence-electron chi connectivity index (χ2n) is 5.08. The van der Waals surface area contributed by atoms with Gasteiger partial charge in [-0.1, -0.05) is 29.3 Å². The number of thioether (sulfide) groups is 1. The lowest BCUT2D eigenvalue weighted by Crippen LogP contribution is -2.50. The van der Waals surface area contributed by atoms with Crippen LogP contribution < -0.4 is 0 Å². The van der Waals surface area contributed by atoms with Crippen LogP contribution in [0.3, 0.4) is 0 Å². The number of rotatable bonds is 5. The lowest BCUT2D eigenvalue weighted by Gasteiger charge is -2.34. The molecule has 0 atom stereocenters. The molecule has 23 heavy (non-hydrogen) atoms. The maximum Gasteiger partial charge on any atom is 0.244 e. The van der Waals surface area contributed by atoms with Gasteiger partial charge < -0.3 is 4.90 Å². The molecule has 1 aliphatic rings. The number of carbonyl (C=O) groups is 1. The fourth-order valence-corrected chi connectivity index (χ4v) is 4.88. The van der Waals surface area contributed by atoms with Crippen LogP contribution in [0, 0.1) is 0 Å². The highest BCUT2D eigenvalue weighted by Gasteiger charge is 2.31. The van der Waals surface area contributed by atoms with Crippen molar-refractivity contribution in [2.75, 3.05) is 38.2 Å². The van der Waals surface area contributed by atoms with Gasteiger partial charge in [0, 0.05) is 38.4 Å². The Labute approximate surface area is 151 Å². The molecule has 1 aromatic rings. The predicted octanol–water partition coefficient (Wildman–Crippen LogP) is 2.58. The summed E-state index contributed by atoms with van der Waals surface area (Å²) >= 11 is 13.5. The third-order valence-electron chi connectivity index (χ3n) is 3.65. The molecule has 1 saturated heterocycles. The molecule has 2 rings (SSSR count). The minimum Gasteiger partial charge on any atom is -0.340 e. The molecular formula is C14H18Cl2N2O3S2. The van der Waals surface area contributed by atoms with E-state index in [4.69, 9.17) is 23.2 Å². The smallest absolute Gasteiger partial charge is 0.244 e. The summed E-state index contributed by atoms with van der Waals surface area (Å²) in [4.78, 5) is 13.7. The number of hydrogen-bond acceptors (Lipinski definition) is 4. The third-order valence-corrected chi connectivity index (χ3v) is 7.13. The summed E-state index contributed by atoms with van der Waals surface area (Å²) in [6.45, 7) is 1.31. The van der Waals surface area contributed by atoms with Crippen LogP contribution in [0.2, 0.25) is 10.0 Å². The molecule has 0 radical (unpaired) electrons. The molecule has 0 aromatic heterocycles. The molecule has 1 aliphatic heterocycles. The van der Waals surface area contributed by atoms with E-state index in [1.807, 2.05) is 6.26 Å². The van der Waals surface area contributed by atoms with E-state index in [-0.39, 0.29) is 33.9 Å². The Morgan fingerprint density at radius 1 is 1.22 bits per heavy atom. The van der Waals surface area contributed by atoms with Crippen molar-refractivity contribution in [3.63, 3.8) is 0 Å². The largest absolute Gasteiger partial charge is 0.340 e. The van der Waals surface area contributed by atoms with E-state index in [2.05, 4.69) is 0 Å². The Balaban J connectivity index is 2.07. The first-order valence-corrected chi connectivity index (χ1v) is 10.7. The highest BCUT2D eigenvalue weighted by Crippen LogP contribution is 2.31. The molecule has 1 heterocycles. The fourth-order valence-electron chi connectivity index (χ4n) is 2.35. The van der Waals surface area contributed by atoms with Crippen LogP contribution in [0.4, 0.5) is 0 Å². The molecule has 0 saturated carbocycles. The molecule has 1 fully saturated rings. The Morgan fingerprint density at radius 2 is 1.87 bits per heavy atom. The molecule has 0 aliphatic carbocycles. The van der Waals surface area contributed by atoms with Crippen LogP contribution >= 0.6 is 35.0 Å². The van der Waals surface area contributed by atoms with Gasteiger partial charge in [-0.2, -0.15) is 16.1 Å². The van der Waals surface area contributed by atoms with Gasteiger partial charge in [-0.3, -0.25) is 4.79 Å². The molecule has 0 bridgehead atoms. The number of benzene rings is 1. The summed E-state index contributed by atoms with van der Waals surface area (Å²) in [5.74, 6) is 0.840. The topological polar surface area (TPSA) is 57.7 Å². The Hall–Kier alpha value is -0.470. The SMILES string of the molecule is CSCCC(=O)N1CCN(S(=O)(=O)c2cccc(Cl)c2Cl)CC1. The predicted molar refractivity (Wildman–Crippen MR) is 94.8 cm³/mol. The normalized spacial score (nSPS) is 16.6. The standard InChI is InChI=1S/C14H18Cl2N2O3S2/c1-22-10-5-13(19)17-6-8-18(9-7-17)23(20,21)12-4-2-3-11(15)14(12)16/h2-4H,5-10H2,1H3. The van der Waals surface area contributed by atoms with Crippen molar-refractivity contribution in [2.45, 2.75) is 11.3 Å². The second kappa shape index (κ2) is 8.07. The van der Waals surface area contributed by atoms with Gasteiger partial charge in [-0.05, 0) is 18.4 Å². The van der Waals surface area contributed by atoms with Crippen molar-refractivity contribution in [3.05, 3.63) is 28.2 Å². The van der Waals surface area contributed by atoms with Gasteiger partial charge in [0.05, 0.1) is 10.0 Å². The highest BCUT2D eigenvalue weighted by molar-refractivity contribution is 7.98. The first-order valence-electron chi connectivity index (χ1n) is 7.09. The maximum atomic E-state index is 12.7. The first kappa shape index (κ1) is 18.9. The summed E-state index contributed by atoms with van der Waals surface area (Å²) < 4.78 is 26.7. The zero-order chi connectivity index (χ0) is 17.0. The van der Waals surface area contributed by atoms with E-state index in [1.54, 1.807) is 28.8 Å². The number of amides is 1. The Kier molecular flexibility index (Phi) is 6.62. The maximum absolute atomic E-state index is 12.7. The van der Waals surface area contributed by atoms with E-state index in [1.165, 1.54) is 10.4 Å². The summed E-state index contributed by atoms with van der Waals surface area (Å²) in [5, 5.41) is 0.242. The van der Waals surface area contributed by atoms with Crippen molar-refractivity contribution in [1.82, 2.24) is 9.21 Å². The van der Waals surface area contributed by atoms with Crippen LogP contribution in [-0.4, -0.2) is 61.7 Å². The Bertz CT molecular complexity index is 675. The van der Waals surface area contributed by atoms with E-state index in [0.29, 0.717) is 19.5 Å². The van der Waals surface area contributed by atoms with Gasteiger partial charge in [0.15, 0.2) is 0 Å². The lowest BCUT2D eigenvalue weighted by atomic mass is 10.3. The van der Waals surface area contributed by atoms with E-state index in [9.17, 15) is 13.2 Å². The first-order chi connectivity index (χ1) is 10.9.